The van der Waals surface area contributed by atoms with E-state index in [1.54, 1.807) is 11.8 Å². The predicted molar refractivity (Wildman–Crippen MR) is 54.3 cm³/mol. The van der Waals surface area contributed by atoms with Crippen LogP contribution in [0.15, 0.2) is 0 Å². The van der Waals surface area contributed by atoms with Crippen LogP contribution in [0.3, 0.4) is 0 Å². The molecule has 0 aromatic heterocycles. The average molecular weight is 215 g/mol. The second-order valence-electron chi connectivity index (χ2n) is 3.75. The topological polar surface area (TPSA) is 86.9 Å². The third kappa shape index (κ3) is 3.49. The number of carboxylic acid groups (broad SMARTS) is 1. The number of piperazine rings is 1. The Labute approximate surface area is 88.6 Å². The van der Waals surface area contributed by atoms with Crippen LogP contribution in [-0.2, 0) is 9.59 Å². The van der Waals surface area contributed by atoms with E-state index < -0.39 is 12.0 Å². The zero-order valence-corrected chi connectivity index (χ0v) is 8.85. The summed E-state index contributed by atoms with van der Waals surface area (Å²) in [6.45, 7) is 4.59. The van der Waals surface area contributed by atoms with Gasteiger partial charge in [-0.1, -0.05) is 0 Å². The van der Waals surface area contributed by atoms with Crippen LogP contribution in [0.5, 0.6) is 0 Å². The third-order valence-corrected chi connectivity index (χ3v) is 2.59. The van der Waals surface area contributed by atoms with Crippen molar-refractivity contribution in [3.8, 4) is 0 Å². The molecular formula is C9H17N3O3. The molecule has 1 atom stereocenters. The fourth-order valence-electron chi connectivity index (χ4n) is 1.60. The van der Waals surface area contributed by atoms with E-state index in [0.29, 0.717) is 32.7 Å². The summed E-state index contributed by atoms with van der Waals surface area (Å²) < 4.78 is 0. The molecule has 0 spiro atoms. The maximum atomic E-state index is 11.0. The molecule has 1 amide bonds. The minimum Gasteiger partial charge on any atom is -0.480 e. The van der Waals surface area contributed by atoms with Gasteiger partial charge in [-0.3, -0.25) is 14.5 Å². The number of aliphatic carboxylic acids is 1. The van der Waals surface area contributed by atoms with Crippen molar-refractivity contribution < 1.29 is 14.7 Å². The Hall–Kier alpha value is -1.14. The maximum Gasteiger partial charge on any atom is 0.321 e. The first-order valence-electron chi connectivity index (χ1n) is 4.97. The van der Waals surface area contributed by atoms with Gasteiger partial charge in [-0.2, -0.15) is 0 Å². The molecule has 1 unspecified atom stereocenters. The highest BCUT2D eigenvalue weighted by molar-refractivity contribution is 5.74. The van der Waals surface area contributed by atoms with Gasteiger partial charge in [0.2, 0.25) is 5.91 Å². The molecule has 1 fully saturated rings. The zero-order chi connectivity index (χ0) is 11.4. The molecule has 0 aromatic carbocycles. The highest BCUT2D eigenvalue weighted by Gasteiger charge is 2.22. The summed E-state index contributed by atoms with van der Waals surface area (Å²) in [7, 11) is 0. The lowest BCUT2D eigenvalue weighted by Gasteiger charge is -2.34. The van der Waals surface area contributed by atoms with Gasteiger partial charge in [-0.15, -0.1) is 0 Å². The fraction of sp³-hybridized carbons (Fsp3) is 0.778. The maximum absolute atomic E-state index is 11.0. The number of carboxylic acids is 1. The summed E-state index contributed by atoms with van der Waals surface area (Å²) in [4.78, 5) is 25.3. The van der Waals surface area contributed by atoms with E-state index in [-0.39, 0.29) is 5.91 Å². The fourth-order valence-corrected chi connectivity index (χ4v) is 1.60. The van der Waals surface area contributed by atoms with Gasteiger partial charge in [-0.05, 0) is 0 Å². The Morgan fingerprint density at radius 1 is 1.33 bits per heavy atom. The van der Waals surface area contributed by atoms with Crippen molar-refractivity contribution in [2.45, 2.75) is 13.0 Å². The van der Waals surface area contributed by atoms with Crippen molar-refractivity contribution in [3.05, 3.63) is 0 Å². The van der Waals surface area contributed by atoms with Crippen molar-refractivity contribution in [1.82, 2.24) is 9.80 Å². The molecule has 0 radical (unpaired) electrons. The summed E-state index contributed by atoms with van der Waals surface area (Å²) >= 11 is 0. The second kappa shape index (κ2) is 5.09. The summed E-state index contributed by atoms with van der Waals surface area (Å²) in [6, 6.07) is -0.839. The third-order valence-electron chi connectivity index (χ3n) is 2.59. The van der Waals surface area contributed by atoms with Crippen molar-refractivity contribution in [3.63, 3.8) is 0 Å². The molecule has 0 bridgehead atoms. The van der Waals surface area contributed by atoms with E-state index in [2.05, 4.69) is 0 Å². The van der Waals surface area contributed by atoms with Crippen LogP contribution >= 0.6 is 0 Å². The number of amides is 1. The Morgan fingerprint density at radius 2 is 1.87 bits per heavy atom. The lowest BCUT2D eigenvalue weighted by atomic mass is 10.2. The van der Waals surface area contributed by atoms with Crippen LogP contribution in [-0.4, -0.2) is 65.5 Å². The molecule has 0 saturated carbocycles. The summed E-state index contributed by atoms with van der Waals surface area (Å²) in [5, 5.41) is 8.64. The molecule has 86 valence electrons. The number of rotatable bonds is 3. The van der Waals surface area contributed by atoms with Crippen LogP contribution in [0.1, 0.15) is 6.92 Å². The molecular weight excluding hydrogens is 198 g/mol. The first kappa shape index (κ1) is 11.9. The molecule has 1 aliphatic heterocycles. The van der Waals surface area contributed by atoms with E-state index >= 15 is 0 Å². The predicted octanol–water partition coefficient (Wildman–Crippen LogP) is -1.44. The van der Waals surface area contributed by atoms with Crippen LogP contribution in [0, 0.1) is 0 Å². The van der Waals surface area contributed by atoms with Crippen LogP contribution in [0.25, 0.3) is 0 Å². The average Bonchev–Trinajstić information content (AvgIpc) is 2.18. The minimum atomic E-state index is -0.982. The summed E-state index contributed by atoms with van der Waals surface area (Å²) in [5.74, 6) is -0.916. The normalized spacial score (nSPS) is 20.0. The molecule has 3 N–H and O–H groups in total. The van der Waals surface area contributed by atoms with Gasteiger partial charge in [-0.25, -0.2) is 0 Å². The Kier molecular flexibility index (Phi) is 4.05. The quantitative estimate of drug-likeness (QED) is 0.602. The van der Waals surface area contributed by atoms with Gasteiger partial charge in [0.15, 0.2) is 0 Å². The standard InChI is InChI=1S/C9H17N3O3/c1-7(13)12-4-2-11(3-5-12)6-8(10)9(14)15/h8H,2-6,10H2,1H3,(H,14,15). The zero-order valence-electron chi connectivity index (χ0n) is 8.85. The molecule has 0 aromatic rings. The minimum absolute atomic E-state index is 0.0668. The largest absolute Gasteiger partial charge is 0.480 e. The highest BCUT2D eigenvalue weighted by atomic mass is 16.4. The molecule has 6 nitrogen and oxygen atoms in total. The Balaban J connectivity index is 2.31. The van der Waals surface area contributed by atoms with Crippen molar-refractivity contribution in [2.24, 2.45) is 5.73 Å². The summed E-state index contributed by atoms with van der Waals surface area (Å²) in [5.41, 5.74) is 5.42. The number of carbonyl (C=O) groups excluding carboxylic acids is 1. The Morgan fingerprint density at radius 3 is 2.27 bits per heavy atom. The molecule has 1 saturated heterocycles. The molecule has 6 heteroatoms. The monoisotopic (exact) mass is 215 g/mol. The van der Waals surface area contributed by atoms with Crippen LogP contribution < -0.4 is 5.73 Å². The van der Waals surface area contributed by atoms with E-state index in [0.717, 1.165) is 0 Å². The van der Waals surface area contributed by atoms with E-state index in [9.17, 15) is 9.59 Å². The Bertz CT molecular complexity index is 249. The van der Waals surface area contributed by atoms with E-state index in [4.69, 9.17) is 10.8 Å². The number of nitrogens with zero attached hydrogens (tertiary/aromatic N) is 2. The number of hydrogen-bond donors (Lipinski definition) is 2. The first-order valence-corrected chi connectivity index (χ1v) is 4.97. The summed E-state index contributed by atoms with van der Waals surface area (Å²) in [6.07, 6.45) is 0. The highest BCUT2D eigenvalue weighted by Crippen LogP contribution is 2.02. The lowest BCUT2D eigenvalue weighted by molar-refractivity contribution is -0.139. The first-order chi connectivity index (χ1) is 7.00. The van der Waals surface area contributed by atoms with Gasteiger partial charge in [0.25, 0.3) is 0 Å². The number of nitrogens with two attached hydrogens (primary N) is 1. The van der Waals surface area contributed by atoms with Crippen molar-refractivity contribution in [2.75, 3.05) is 32.7 Å². The van der Waals surface area contributed by atoms with E-state index in [1.165, 1.54) is 0 Å². The smallest absolute Gasteiger partial charge is 0.321 e. The molecule has 0 aliphatic carbocycles. The van der Waals surface area contributed by atoms with Gasteiger partial charge in [0.1, 0.15) is 6.04 Å². The van der Waals surface area contributed by atoms with E-state index in [1.807, 2.05) is 4.90 Å². The van der Waals surface area contributed by atoms with Gasteiger partial charge >= 0.3 is 5.97 Å². The molecule has 1 rings (SSSR count). The van der Waals surface area contributed by atoms with Crippen molar-refractivity contribution in [1.29, 1.82) is 0 Å². The SMILES string of the molecule is CC(=O)N1CCN(CC(N)C(=O)O)CC1. The molecule has 1 aliphatic rings. The lowest BCUT2D eigenvalue weighted by Crippen LogP contribution is -2.52. The number of hydrogen-bond acceptors (Lipinski definition) is 4. The van der Waals surface area contributed by atoms with Gasteiger partial charge in [0.05, 0.1) is 0 Å². The van der Waals surface area contributed by atoms with Gasteiger partial charge in [0, 0.05) is 39.6 Å². The van der Waals surface area contributed by atoms with Crippen molar-refractivity contribution >= 4 is 11.9 Å². The molecule has 15 heavy (non-hydrogen) atoms. The van der Waals surface area contributed by atoms with Gasteiger partial charge < -0.3 is 15.7 Å². The van der Waals surface area contributed by atoms with Crippen LogP contribution in [0.4, 0.5) is 0 Å². The van der Waals surface area contributed by atoms with Crippen LogP contribution in [0.2, 0.25) is 0 Å². The second-order valence-corrected chi connectivity index (χ2v) is 3.75. The molecule has 1 heterocycles. The number of carbonyl (C=O) groups is 2.